The van der Waals surface area contributed by atoms with E-state index in [4.69, 9.17) is 35.7 Å². The molecular weight excluding hydrogens is 925 g/mol. The minimum Gasteiger partial charge on any atom is -0.462 e. The maximum Gasteiger partial charge on any atom is 0.333 e. The summed E-state index contributed by atoms with van der Waals surface area (Å²) in [6.07, 6.45) is 20.1. The lowest BCUT2D eigenvalue weighted by molar-refractivity contribution is -0.141. The summed E-state index contributed by atoms with van der Waals surface area (Å²) in [5.41, 5.74) is 15.2. The van der Waals surface area contributed by atoms with Crippen LogP contribution < -0.4 is 11.5 Å². The molecule has 12 atom stereocenters. The summed E-state index contributed by atoms with van der Waals surface area (Å²) in [5.74, 6) is 5.17. The van der Waals surface area contributed by atoms with Crippen LogP contribution >= 0.6 is 0 Å². The van der Waals surface area contributed by atoms with Crippen LogP contribution in [0.5, 0.6) is 0 Å². The van der Waals surface area contributed by atoms with E-state index in [1.807, 2.05) is 13.8 Å². The maximum atomic E-state index is 11.7. The average molecular weight is 1040 g/mol. The summed E-state index contributed by atoms with van der Waals surface area (Å²) in [6, 6.07) is 1.69. The third-order valence-corrected chi connectivity index (χ3v) is 18.0. The number of ether oxygens (including phenoxy) is 3. The summed E-state index contributed by atoms with van der Waals surface area (Å²) in [5, 5.41) is 0. The molecule has 0 spiro atoms. The van der Waals surface area contributed by atoms with Crippen molar-refractivity contribution in [3.63, 3.8) is 0 Å². The first-order valence-corrected chi connectivity index (χ1v) is 28.9. The van der Waals surface area contributed by atoms with Gasteiger partial charge in [0, 0.05) is 56.5 Å². The van der Waals surface area contributed by atoms with Crippen LogP contribution in [0.1, 0.15) is 220 Å². The summed E-state index contributed by atoms with van der Waals surface area (Å²) >= 11 is 0. The monoisotopic (exact) mass is 1030 g/mol. The van der Waals surface area contributed by atoms with Gasteiger partial charge >= 0.3 is 17.9 Å². The van der Waals surface area contributed by atoms with Gasteiger partial charge in [-0.3, -0.25) is 14.8 Å². The first kappa shape index (κ1) is 66.7. The summed E-state index contributed by atoms with van der Waals surface area (Å²) < 4.78 is 15.6. The molecule has 4 N–H and O–H groups in total. The molecule has 4 saturated carbocycles. The van der Waals surface area contributed by atoms with Gasteiger partial charge in [-0.25, -0.2) is 14.4 Å². The number of carbonyl (C=O) groups is 4. The highest BCUT2D eigenvalue weighted by molar-refractivity contribution is 5.89. The Bertz CT molecular complexity index is 1810. The van der Waals surface area contributed by atoms with Gasteiger partial charge in [-0.05, 0) is 198 Å². The minimum atomic E-state index is -0.421. The molecule has 0 aromatic carbocycles. The van der Waals surface area contributed by atoms with Gasteiger partial charge in [0.15, 0.2) is 0 Å². The second-order valence-corrected chi connectivity index (χ2v) is 26.2. The molecule has 12 unspecified atom stereocenters. The molecule has 0 heterocycles. The molecule has 4 aliphatic rings. The third-order valence-electron chi connectivity index (χ3n) is 18.0. The van der Waals surface area contributed by atoms with Crippen molar-refractivity contribution in [3.8, 4) is 0 Å². The zero-order valence-corrected chi connectivity index (χ0v) is 50.1. The highest BCUT2D eigenvalue weighted by atomic mass is 16.5. The van der Waals surface area contributed by atoms with E-state index in [1.54, 1.807) is 27.7 Å². The molecule has 0 aromatic rings. The predicted molar refractivity (Wildman–Crippen MR) is 308 cm³/mol. The second-order valence-electron chi connectivity index (χ2n) is 26.2. The Kier molecular flexibility index (Phi) is 28.0. The molecule has 4 fully saturated rings. The van der Waals surface area contributed by atoms with Crippen molar-refractivity contribution in [2.75, 3.05) is 19.8 Å². The smallest absolute Gasteiger partial charge is 0.333 e. The van der Waals surface area contributed by atoms with E-state index in [0.717, 1.165) is 72.6 Å². The van der Waals surface area contributed by atoms with Crippen LogP contribution in [0, 0.1) is 63.6 Å². The van der Waals surface area contributed by atoms with Gasteiger partial charge in [-0.15, -0.1) is 0 Å². The van der Waals surface area contributed by atoms with Crippen LogP contribution in [0.3, 0.4) is 0 Å². The predicted octanol–water partition coefficient (Wildman–Crippen LogP) is 14.0. The fourth-order valence-electron chi connectivity index (χ4n) is 11.2. The number of nitrogens with zero attached hydrogens (tertiary/aromatic N) is 2. The number of esters is 3. The molecule has 4 aliphatic carbocycles. The van der Waals surface area contributed by atoms with Gasteiger partial charge in [0.25, 0.3) is 0 Å². The van der Waals surface area contributed by atoms with E-state index in [9.17, 15) is 19.2 Å². The molecule has 424 valence electrons. The van der Waals surface area contributed by atoms with Crippen molar-refractivity contribution in [2.45, 2.75) is 244 Å². The van der Waals surface area contributed by atoms with Crippen molar-refractivity contribution in [1.82, 2.24) is 0 Å². The Morgan fingerprint density at radius 2 is 0.716 bits per heavy atom. The first-order valence-electron chi connectivity index (χ1n) is 28.9. The molecule has 74 heavy (non-hydrogen) atoms. The first-order chi connectivity index (χ1) is 34.3. The SMILES string of the molecule is C=C(C)C(=O)OCCC(C)(C)C(C)=NC1CCC(CC2CCC(N=C(C)C(C)(C)CCOC(=O)C(=C)C)C(C)C2)CC1C.C=C(C)C(=O)OCCC(C)(C)C(C)=O.CC1CC(CC2CCC(N)C(C)C2)CCC1N. The van der Waals surface area contributed by atoms with E-state index < -0.39 is 11.4 Å². The van der Waals surface area contributed by atoms with Crippen molar-refractivity contribution in [1.29, 1.82) is 0 Å². The number of hydrogen-bond acceptors (Lipinski definition) is 11. The van der Waals surface area contributed by atoms with E-state index in [1.165, 1.54) is 77.0 Å². The molecule has 0 aromatic heterocycles. The Labute approximate surface area is 452 Å². The molecule has 0 aliphatic heterocycles. The number of carbonyl (C=O) groups excluding carboxylic acids is 4. The van der Waals surface area contributed by atoms with Crippen molar-refractivity contribution in [3.05, 3.63) is 36.5 Å². The van der Waals surface area contributed by atoms with E-state index >= 15 is 0 Å². The molecule has 11 nitrogen and oxygen atoms in total. The number of aliphatic imine (C=N–C) groups is 2. The van der Waals surface area contributed by atoms with E-state index in [0.29, 0.717) is 72.4 Å². The van der Waals surface area contributed by atoms with Crippen LogP contribution in [0.15, 0.2) is 46.4 Å². The second kappa shape index (κ2) is 31.1. The van der Waals surface area contributed by atoms with E-state index in [-0.39, 0.29) is 35.2 Å². The topological polar surface area (TPSA) is 173 Å². The standard InChI is InChI=1S/C37H62N2O4.C15H30N2.C11H18O3/c1-24(2)34(40)42-19-17-36(9,10)28(7)38-32-15-13-30(21-26(32)5)23-31-14-16-33(27(6)22-31)39-29(8)37(11,12)18-20-43-35(41)25(3)4;1-10-7-12(3-5-14(10)16)9-13-4-6-15(17)11(2)8-13;1-8(2)10(13)14-7-6-11(4,5)9(3)12/h26-27,30-33H,1,3,13-23H2,2,4-12H3;10-15H,3-9,16-17H2,1-2H3;1,6-7H2,2-5H3. The fraction of sp³-hybridized carbons (Fsp3) is 0.810. The fourth-order valence-corrected chi connectivity index (χ4v) is 11.2. The summed E-state index contributed by atoms with van der Waals surface area (Å²) in [6.45, 7) is 44.5. The van der Waals surface area contributed by atoms with Gasteiger partial charge < -0.3 is 25.7 Å². The van der Waals surface area contributed by atoms with Crippen molar-refractivity contribution < 1.29 is 33.4 Å². The Hall–Kier alpha value is -3.44. The highest BCUT2D eigenvalue weighted by Gasteiger charge is 2.35. The molecule has 11 heteroatoms. The quantitative estimate of drug-likeness (QED) is 0.0491. The summed E-state index contributed by atoms with van der Waals surface area (Å²) in [7, 11) is 0. The highest BCUT2D eigenvalue weighted by Crippen LogP contribution is 2.42. The minimum absolute atomic E-state index is 0.101. The Morgan fingerprint density at radius 1 is 0.446 bits per heavy atom. The normalized spacial score (nSPS) is 29.0. The molecule has 4 rings (SSSR count). The zero-order valence-electron chi connectivity index (χ0n) is 50.1. The van der Waals surface area contributed by atoms with Crippen LogP contribution in [-0.4, -0.2) is 79.1 Å². The lowest BCUT2D eigenvalue weighted by atomic mass is 9.70. The molecular formula is C63H110N4O7. The van der Waals surface area contributed by atoms with Crippen LogP contribution in [0.2, 0.25) is 0 Å². The Morgan fingerprint density at radius 3 is 0.973 bits per heavy atom. The lowest BCUT2D eigenvalue weighted by Crippen LogP contribution is -2.37. The number of Topliss-reactive ketones (excluding diaryl/α,β-unsaturated/α-hetero) is 1. The molecule has 0 amide bonds. The maximum absolute atomic E-state index is 11.7. The van der Waals surface area contributed by atoms with Gasteiger partial charge in [0.05, 0.1) is 31.9 Å². The third kappa shape index (κ3) is 23.4. The molecule has 0 radical (unpaired) electrons. The van der Waals surface area contributed by atoms with E-state index in [2.05, 4.69) is 89.0 Å². The van der Waals surface area contributed by atoms with Gasteiger partial charge in [-0.2, -0.15) is 0 Å². The number of ketones is 1. The number of nitrogens with two attached hydrogens (primary N) is 2. The van der Waals surface area contributed by atoms with Crippen LogP contribution in [0.4, 0.5) is 0 Å². The average Bonchev–Trinajstić information content (AvgIpc) is 3.30. The van der Waals surface area contributed by atoms with Gasteiger partial charge in [-0.1, -0.05) is 89.0 Å². The number of rotatable bonds is 21. The van der Waals surface area contributed by atoms with Crippen LogP contribution in [0.25, 0.3) is 0 Å². The van der Waals surface area contributed by atoms with Crippen molar-refractivity contribution >= 4 is 35.1 Å². The lowest BCUT2D eigenvalue weighted by Gasteiger charge is -2.38. The van der Waals surface area contributed by atoms with Crippen molar-refractivity contribution in [2.24, 2.45) is 85.0 Å². The molecule has 0 saturated heterocycles. The Balaban J connectivity index is 0.000000488. The number of hydrogen-bond donors (Lipinski definition) is 2. The van der Waals surface area contributed by atoms with Crippen LogP contribution in [-0.2, 0) is 33.4 Å². The zero-order chi connectivity index (χ0) is 56.3. The largest absolute Gasteiger partial charge is 0.462 e. The van der Waals surface area contributed by atoms with Gasteiger partial charge in [0.1, 0.15) is 5.78 Å². The molecule has 0 bridgehead atoms. The van der Waals surface area contributed by atoms with Gasteiger partial charge in [0.2, 0.25) is 0 Å². The summed E-state index contributed by atoms with van der Waals surface area (Å²) in [4.78, 5) is 56.0.